The molecular weight excluding hydrogens is 254 g/mol. The summed E-state index contributed by atoms with van der Waals surface area (Å²) < 4.78 is 1.29. The Morgan fingerprint density at radius 2 is 2.05 bits per heavy atom. The number of fused-ring (bicyclic) bond motifs is 1. The molecule has 0 spiro atoms. The molecule has 0 N–H and O–H groups in total. The lowest BCUT2D eigenvalue weighted by molar-refractivity contribution is -0.130. The van der Waals surface area contributed by atoms with E-state index < -0.39 is 0 Å². The average Bonchev–Trinajstić information content (AvgIpc) is 2.79. The van der Waals surface area contributed by atoms with Crippen molar-refractivity contribution in [3.63, 3.8) is 0 Å². The number of amides is 1. The van der Waals surface area contributed by atoms with Crippen LogP contribution in [-0.4, -0.2) is 17.9 Å². The number of benzene rings is 1. The number of carbonyl (C=O) groups is 1. The highest BCUT2D eigenvalue weighted by molar-refractivity contribution is 7.17. The molecule has 0 aliphatic heterocycles. The van der Waals surface area contributed by atoms with Gasteiger partial charge in [0, 0.05) is 24.7 Å². The van der Waals surface area contributed by atoms with Gasteiger partial charge in [-0.15, -0.1) is 11.3 Å². The minimum absolute atomic E-state index is 0.240. The Morgan fingerprint density at radius 3 is 2.79 bits per heavy atom. The van der Waals surface area contributed by atoms with E-state index in [9.17, 15) is 4.79 Å². The van der Waals surface area contributed by atoms with Crippen molar-refractivity contribution in [1.82, 2.24) is 4.90 Å². The second-order valence-corrected chi connectivity index (χ2v) is 6.35. The number of nitrogens with zero attached hydrogens (tertiary/aromatic N) is 1. The van der Waals surface area contributed by atoms with Gasteiger partial charge in [0.2, 0.25) is 5.91 Å². The van der Waals surface area contributed by atoms with Crippen LogP contribution in [0.4, 0.5) is 0 Å². The van der Waals surface area contributed by atoms with E-state index in [1.54, 1.807) is 11.3 Å². The second-order valence-electron chi connectivity index (χ2n) is 5.44. The van der Waals surface area contributed by atoms with Crippen LogP contribution in [0, 0.1) is 5.92 Å². The van der Waals surface area contributed by atoms with Gasteiger partial charge in [0.25, 0.3) is 0 Å². The summed E-state index contributed by atoms with van der Waals surface area (Å²) in [5.41, 5.74) is 1.25. The first-order chi connectivity index (χ1) is 9.08. The minimum atomic E-state index is 0.240. The summed E-state index contributed by atoms with van der Waals surface area (Å²) in [7, 11) is 1.90. The van der Waals surface area contributed by atoms with E-state index in [2.05, 4.69) is 43.5 Å². The zero-order valence-electron chi connectivity index (χ0n) is 11.8. The number of hydrogen-bond acceptors (Lipinski definition) is 2. The van der Waals surface area contributed by atoms with Crippen LogP contribution in [-0.2, 0) is 11.3 Å². The van der Waals surface area contributed by atoms with Crippen molar-refractivity contribution in [2.24, 2.45) is 5.92 Å². The molecule has 0 saturated carbocycles. The van der Waals surface area contributed by atoms with E-state index in [1.807, 2.05) is 11.9 Å². The molecule has 0 bridgehead atoms. The molecule has 0 atom stereocenters. The monoisotopic (exact) mass is 275 g/mol. The van der Waals surface area contributed by atoms with Gasteiger partial charge in [0.15, 0.2) is 0 Å². The summed E-state index contributed by atoms with van der Waals surface area (Å²) in [6.45, 7) is 5.01. The van der Waals surface area contributed by atoms with Crippen molar-refractivity contribution in [1.29, 1.82) is 0 Å². The van der Waals surface area contributed by atoms with Gasteiger partial charge in [-0.05, 0) is 34.7 Å². The van der Waals surface area contributed by atoms with Crippen LogP contribution in [0.2, 0.25) is 0 Å². The zero-order chi connectivity index (χ0) is 13.8. The Bertz CT molecular complexity index is 559. The van der Waals surface area contributed by atoms with Crippen molar-refractivity contribution < 1.29 is 4.79 Å². The topological polar surface area (TPSA) is 20.3 Å². The van der Waals surface area contributed by atoms with E-state index in [0.29, 0.717) is 18.9 Å². The number of hydrogen-bond donors (Lipinski definition) is 0. The molecule has 0 fully saturated rings. The van der Waals surface area contributed by atoms with Gasteiger partial charge in [-0.1, -0.05) is 32.0 Å². The molecule has 2 aromatic rings. The Hall–Kier alpha value is -1.35. The first-order valence-electron chi connectivity index (χ1n) is 6.77. The predicted octanol–water partition coefficient (Wildman–Crippen LogP) is 4.30. The largest absolute Gasteiger partial charge is 0.341 e. The van der Waals surface area contributed by atoms with Crippen molar-refractivity contribution in [2.75, 3.05) is 7.05 Å². The normalized spacial score (nSPS) is 11.2. The summed E-state index contributed by atoms with van der Waals surface area (Å²) in [4.78, 5) is 13.9. The molecule has 102 valence electrons. The maximum absolute atomic E-state index is 12.0. The third-order valence-corrected chi connectivity index (χ3v) is 4.34. The molecule has 2 rings (SSSR count). The standard InChI is InChI=1S/C16H21NOS/c1-12(2)8-9-16(18)17(3)10-13-11-19-15-7-5-4-6-14(13)15/h4-7,11-12H,8-10H2,1-3H3. The number of rotatable bonds is 5. The summed E-state index contributed by atoms with van der Waals surface area (Å²) in [6, 6.07) is 8.37. The molecule has 0 saturated heterocycles. The van der Waals surface area contributed by atoms with Gasteiger partial charge >= 0.3 is 0 Å². The second kappa shape index (κ2) is 6.20. The fourth-order valence-corrected chi connectivity index (χ4v) is 3.06. The van der Waals surface area contributed by atoms with Crippen LogP contribution in [0.5, 0.6) is 0 Å². The van der Waals surface area contributed by atoms with Crippen molar-refractivity contribution in [3.05, 3.63) is 35.2 Å². The lowest BCUT2D eigenvalue weighted by Crippen LogP contribution is -2.26. The Morgan fingerprint density at radius 1 is 1.32 bits per heavy atom. The van der Waals surface area contributed by atoms with Gasteiger partial charge in [0.05, 0.1) is 0 Å². The van der Waals surface area contributed by atoms with E-state index in [-0.39, 0.29) is 5.91 Å². The van der Waals surface area contributed by atoms with Gasteiger partial charge in [0.1, 0.15) is 0 Å². The fraction of sp³-hybridized carbons (Fsp3) is 0.438. The van der Waals surface area contributed by atoms with Gasteiger partial charge in [-0.25, -0.2) is 0 Å². The van der Waals surface area contributed by atoms with Crippen molar-refractivity contribution >= 4 is 27.3 Å². The Balaban J connectivity index is 2.02. The molecule has 1 heterocycles. The van der Waals surface area contributed by atoms with Crippen LogP contribution in [0.25, 0.3) is 10.1 Å². The van der Waals surface area contributed by atoms with Crippen LogP contribution in [0.3, 0.4) is 0 Å². The van der Waals surface area contributed by atoms with E-state index >= 15 is 0 Å². The lowest BCUT2D eigenvalue weighted by Gasteiger charge is -2.17. The quantitative estimate of drug-likeness (QED) is 0.797. The molecule has 3 heteroatoms. The molecule has 1 amide bonds. The summed E-state index contributed by atoms with van der Waals surface area (Å²) in [6.07, 6.45) is 1.61. The minimum Gasteiger partial charge on any atom is -0.341 e. The highest BCUT2D eigenvalue weighted by atomic mass is 32.1. The third kappa shape index (κ3) is 3.57. The fourth-order valence-electron chi connectivity index (χ4n) is 2.10. The van der Waals surface area contributed by atoms with Gasteiger partial charge in [-0.2, -0.15) is 0 Å². The van der Waals surface area contributed by atoms with Crippen LogP contribution >= 0.6 is 11.3 Å². The Kier molecular flexibility index (Phi) is 4.59. The summed E-state index contributed by atoms with van der Waals surface area (Å²) in [5.74, 6) is 0.823. The Labute approximate surface area is 119 Å². The summed E-state index contributed by atoms with van der Waals surface area (Å²) in [5, 5.41) is 3.44. The van der Waals surface area contributed by atoms with E-state index in [1.165, 1.54) is 15.6 Å². The SMILES string of the molecule is CC(C)CCC(=O)N(C)Cc1csc2ccccc12. The van der Waals surface area contributed by atoms with Crippen molar-refractivity contribution in [2.45, 2.75) is 33.2 Å². The van der Waals surface area contributed by atoms with Crippen LogP contribution < -0.4 is 0 Å². The van der Waals surface area contributed by atoms with Crippen LogP contribution in [0.15, 0.2) is 29.6 Å². The van der Waals surface area contributed by atoms with Gasteiger partial charge in [-0.3, -0.25) is 4.79 Å². The van der Waals surface area contributed by atoms with Crippen molar-refractivity contribution in [3.8, 4) is 0 Å². The van der Waals surface area contributed by atoms with E-state index in [0.717, 1.165) is 6.42 Å². The van der Waals surface area contributed by atoms with Crippen LogP contribution in [0.1, 0.15) is 32.3 Å². The highest BCUT2D eigenvalue weighted by Crippen LogP contribution is 2.26. The lowest BCUT2D eigenvalue weighted by atomic mass is 10.1. The first-order valence-corrected chi connectivity index (χ1v) is 7.65. The first kappa shape index (κ1) is 14.1. The number of carbonyl (C=O) groups excluding carboxylic acids is 1. The highest BCUT2D eigenvalue weighted by Gasteiger charge is 2.12. The molecule has 0 radical (unpaired) electrons. The maximum Gasteiger partial charge on any atom is 0.222 e. The number of thiophene rings is 1. The summed E-state index contributed by atoms with van der Waals surface area (Å²) >= 11 is 1.75. The smallest absolute Gasteiger partial charge is 0.222 e. The molecule has 1 aromatic carbocycles. The zero-order valence-corrected chi connectivity index (χ0v) is 12.7. The molecule has 1 aromatic heterocycles. The molecule has 19 heavy (non-hydrogen) atoms. The van der Waals surface area contributed by atoms with Gasteiger partial charge < -0.3 is 4.90 Å². The van der Waals surface area contributed by atoms with E-state index in [4.69, 9.17) is 0 Å². The maximum atomic E-state index is 12.0. The molecular formula is C16H21NOS. The average molecular weight is 275 g/mol. The third-order valence-electron chi connectivity index (χ3n) is 3.33. The molecule has 0 aliphatic carbocycles. The molecule has 2 nitrogen and oxygen atoms in total. The molecule has 0 aliphatic rings. The predicted molar refractivity (Wildman–Crippen MR) is 82.4 cm³/mol. The molecule has 0 unspecified atom stereocenters.